The molecule has 0 spiro atoms. The van der Waals surface area contributed by atoms with Gasteiger partial charge in [-0.25, -0.2) is 4.98 Å². The van der Waals surface area contributed by atoms with Gasteiger partial charge >= 0.3 is 0 Å². The Hall–Kier alpha value is -1.94. The molecule has 2 aromatic heterocycles. The molecule has 3 heterocycles. The summed E-state index contributed by atoms with van der Waals surface area (Å²) in [6, 6.07) is 8.78. The van der Waals surface area contributed by atoms with Gasteiger partial charge in [0.2, 0.25) is 0 Å². The molecule has 0 saturated carbocycles. The third-order valence-corrected chi connectivity index (χ3v) is 4.42. The molecule has 108 valence electrons. The van der Waals surface area contributed by atoms with Gasteiger partial charge in [0.25, 0.3) is 0 Å². The topological polar surface area (TPSA) is 39.9 Å². The van der Waals surface area contributed by atoms with Crippen LogP contribution in [0.15, 0.2) is 30.5 Å². The lowest BCUT2D eigenvalue weighted by molar-refractivity contribution is 0.00640. The van der Waals surface area contributed by atoms with Crippen molar-refractivity contribution in [1.82, 2.24) is 14.5 Å². The van der Waals surface area contributed by atoms with Crippen LogP contribution in [0.25, 0.3) is 21.9 Å². The number of hydrogen-bond acceptors (Lipinski definition) is 3. The van der Waals surface area contributed by atoms with Crippen molar-refractivity contribution in [2.24, 2.45) is 0 Å². The molecule has 0 unspecified atom stereocenters. The van der Waals surface area contributed by atoms with Crippen molar-refractivity contribution in [1.29, 1.82) is 0 Å². The predicted molar refractivity (Wildman–Crippen MR) is 83.5 cm³/mol. The zero-order valence-electron chi connectivity index (χ0n) is 12.4. The second-order valence-corrected chi connectivity index (χ2v) is 5.90. The quantitative estimate of drug-likeness (QED) is 0.683. The molecular formula is C17H19N3O. The molecule has 0 radical (unpaired) electrons. The van der Waals surface area contributed by atoms with E-state index in [1.54, 1.807) is 0 Å². The minimum Gasteiger partial charge on any atom is -0.378 e. The monoisotopic (exact) mass is 281 g/mol. The van der Waals surface area contributed by atoms with Crippen LogP contribution in [0.1, 0.15) is 31.6 Å². The number of imidazole rings is 1. The summed E-state index contributed by atoms with van der Waals surface area (Å²) in [4.78, 5) is 9.25. The molecule has 0 aliphatic carbocycles. The van der Waals surface area contributed by atoms with Crippen LogP contribution in [0.3, 0.4) is 0 Å². The van der Waals surface area contributed by atoms with E-state index in [9.17, 15) is 0 Å². The summed E-state index contributed by atoms with van der Waals surface area (Å²) in [5, 5.41) is 1.19. The van der Waals surface area contributed by atoms with Gasteiger partial charge in [0.15, 0.2) is 0 Å². The highest BCUT2D eigenvalue weighted by atomic mass is 16.5. The largest absolute Gasteiger partial charge is 0.378 e. The summed E-state index contributed by atoms with van der Waals surface area (Å²) in [7, 11) is 0. The maximum Gasteiger partial charge on any atom is 0.108 e. The summed E-state index contributed by atoms with van der Waals surface area (Å²) < 4.78 is 8.10. The SMILES string of the molecule is Cc1nc2cnc3ccccc3c2n1[C@H]1CCO[C@@H](C)C1. The van der Waals surface area contributed by atoms with Crippen LogP contribution in [0.5, 0.6) is 0 Å². The van der Waals surface area contributed by atoms with Crippen LogP contribution in [-0.4, -0.2) is 27.2 Å². The van der Waals surface area contributed by atoms with Crippen LogP contribution in [-0.2, 0) is 4.74 Å². The summed E-state index contributed by atoms with van der Waals surface area (Å²) >= 11 is 0. The molecule has 1 aromatic carbocycles. The van der Waals surface area contributed by atoms with Gasteiger partial charge in [0, 0.05) is 18.0 Å². The standard InChI is InChI=1S/C17H19N3O/c1-11-9-13(7-8-21-11)20-12(2)19-16-10-18-15-6-4-3-5-14(15)17(16)20/h3-6,10-11,13H,7-9H2,1-2H3/t11-,13-/m0/s1. The molecule has 4 rings (SSSR count). The molecule has 21 heavy (non-hydrogen) atoms. The Morgan fingerprint density at radius 1 is 1.24 bits per heavy atom. The smallest absolute Gasteiger partial charge is 0.108 e. The molecule has 0 amide bonds. The van der Waals surface area contributed by atoms with Crippen LogP contribution < -0.4 is 0 Å². The highest BCUT2D eigenvalue weighted by Gasteiger charge is 2.24. The van der Waals surface area contributed by atoms with Gasteiger partial charge in [-0.1, -0.05) is 18.2 Å². The average Bonchev–Trinajstić information content (AvgIpc) is 2.83. The second-order valence-electron chi connectivity index (χ2n) is 5.90. The number of ether oxygens (including phenoxy) is 1. The zero-order chi connectivity index (χ0) is 14.4. The van der Waals surface area contributed by atoms with E-state index in [4.69, 9.17) is 9.72 Å². The first-order valence-electron chi connectivity index (χ1n) is 7.58. The van der Waals surface area contributed by atoms with Crippen LogP contribution in [0.2, 0.25) is 0 Å². The number of fused-ring (bicyclic) bond motifs is 3. The fourth-order valence-electron chi connectivity index (χ4n) is 3.50. The first-order chi connectivity index (χ1) is 10.2. The van der Waals surface area contributed by atoms with Crippen molar-refractivity contribution in [3.63, 3.8) is 0 Å². The van der Waals surface area contributed by atoms with E-state index in [-0.39, 0.29) is 0 Å². The van der Waals surface area contributed by atoms with E-state index >= 15 is 0 Å². The van der Waals surface area contributed by atoms with E-state index in [1.807, 2.05) is 12.3 Å². The lowest BCUT2D eigenvalue weighted by atomic mass is 10.0. The van der Waals surface area contributed by atoms with Crippen molar-refractivity contribution < 1.29 is 4.74 Å². The van der Waals surface area contributed by atoms with Crippen molar-refractivity contribution in [2.75, 3.05) is 6.61 Å². The number of hydrogen-bond donors (Lipinski definition) is 0. The van der Waals surface area contributed by atoms with E-state index in [0.29, 0.717) is 12.1 Å². The number of rotatable bonds is 1. The molecular weight excluding hydrogens is 262 g/mol. The van der Waals surface area contributed by atoms with E-state index < -0.39 is 0 Å². The van der Waals surface area contributed by atoms with Gasteiger partial charge < -0.3 is 9.30 Å². The van der Waals surface area contributed by atoms with E-state index in [0.717, 1.165) is 36.3 Å². The van der Waals surface area contributed by atoms with Gasteiger partial charge in [0.1, 0.15) is 11.3 Å². The highest BCUT2D eigenvalue weighted by molar-refractivity contribution is 6.02. The normalized spacial score (nSPS) is 23.0. The zero-order valence-corrected chi connectivity index (χ0v) is 12.4. The summed E-state index contributed by atoms with van der Waals surface area (Å²) in [5.41, 5.74) is 3.24. The summed E-state index contributed by atoms with van der Waals surface area (Å²) in [6.07, 6.45) is 4.30. The van der Waals surface area contributed by atoms with E-state index in [1.165, 1.54) is 10.9 Å². The fraction of sp³-hybridized carbons (Fsp3) is 0.412. The molecule has 3 aromatic rings. The first kappa shape index (κ1) is 12.8. The Morgan fingerprint density at radius 2 is 2.10 bits per heavy atom. The predicted octanol–water partition coefficient (Wildman–Crippen LogP) is 3.63. The highest BCUT2D eigenvalue weighted by Crippen LogP contribution is 2.32. The third-order valence-electron chi connectivity index (χ3n) is 4.42. The Labute approximate surface area is 123 Å². The van der Waals surface area contributed by atoms with Crippen molar-refractivity contribution >= 4 is 21.9 Å². The van der Waals surface area contributed by atoms with Gasteiger partial charge in [-0.15, -0.1) is 0 Å². The summed E-state index contributed by atoms with van der Waals surface area (Å²) in [6.45, 7) is 5.07. The van der Waals surface area contributed by atoms with Crippen molar-refractivity contribution in [2.45, 2.75) is 38.8 Å². The molecule has 1 saturated heterocycles. The molecule has 1 aliphatic rings. The fourth-order valence-corrected chi connectivity index (χ4v) is 3.50. The second kappa shape index (κ2) is 4.81. The minimum absolute atomic E-state index is 0.314. The minimum atomic E-state index is 0.314. The van der Waals surface area contributed by atoms with Gasteiger partial charge in [-0.3, -0.25) is 4.98 Å². The Morgan fingerprint density at radius 3 is 2.95 bits per heavy atom. The number of aryl methyl sites for hydroxylation is 1. The molecule has 4 heteroatoms. The van der Waals surface area contributed by atoms with Gasteiger partial charge in [0.05, 0.1) is 23.3 Å². The maximum absolute atomic E-state index is 5.70. The number of aromatic nitrogens is 3. The summed E-state index contributed by atoms with van der Waals surface area (Å²) in [5.74, 6) is 1.07. The van der Waals surface area contributed by atoms with Crippen LogP contribution in [0.4, 0.5) is 0 Å². The number of para-hydroxylation sites is 1. The molecule has 0 bridgehead atoms. The van der Waals surface area contributed by atoms with Gasteiger partial charge in [-0.2, -0.15) is 0 Å². The Bertz CT molecular complexity index is 808. The third kappa shape index (κ3) is 2.02. The van der Waals surface area contributed by atoms with Crippen molar-refractivity contribution in [3.05, 3.63) is 36.3 Å². The lowest BCUT2D eigenvalue weighted by Crippen LogP contribution is -2.26. The average molecular weight is 281 g/mol. The molecule has 0 N–H and O–H groups in total. The van der Waals surface area contributed by atoms with E-state index in [2.05, 4.69) is 41.6 Å². The van der Waals surface area contributed by atoms with Crippen LogP contribution >= 0.6 is 0 Å². The Balaban J connectivity index is 1.98. The van der Waals surface area contributed by atoms with Gasteiger partial charge in [-0.05, 0) is 32.8 Å². The number of pyridine rings is 1. The van der Waals surface area contributed by atoms with Crippen molar-refractivity contribution in [3.8, 4) is 0 Å². The maximum atomic E-state index is 5.70. The molecule has 2 atom stereocenters. The molecule has 1 aliphatic heterocycles. The molecule has 4 nitrogen and oxygen atoms in total. The number of benzene rings is 1. The van der Waals surface area contributed by atoms with Crippen LogP contribution in [0, 0.1) is 6.92 Å². The Kier molecular flexibility index (Phi) is 2.93. The number of nitrogens with zero attached hydrogens (tertiary/aromatic N) is 3. The lowest BCUT2D eigenvalue weighted by Gasteiger charge is -2.29. The molecule has 1 fully saturated rings. The first-order valence-corrected chi connectivity index (χ1v) is 7.58.